The van der Waals surface area contributed by atoms with Crippen LogP contribution in [0.2, 0.25) is 0 Å². The van der Waals surface area contributed by atoms with E-state index in [2.05, 4.69) is 4.74 Å². The minimum absolute atomic E-state index is 0.0762. The van der Waals surface area contributed by atoms with Crippen molar-refractivity contribution in [3.8, 4) is 6.07 Å². The normalized spacial score (nSPS) is 10.6. The first-order valence-electron chi connectivity index (χ1n) is 6.67. The Morgan fingerprint density at radius 3 is 2.57 bits per heavy atom. The van der Waals surface area contributed by atoms with E-state index in [1.54, 1.807) is 25.1 Å². The molecule has 0 heterocycles. The van der Waals surface area contributed by atoms with Gasteiger partial charge in [-0.05, 0) is 30.2 Å². The molecule has 1 atom stereocenters. The zero-order valence-corrected chi connectivity index (χ0v) is 12.8. The fraction of sp³-hybridized carbons (Fsp3) is 0.467. The highest BCUT2D eigenvalue weighted by Gasteiger charge is 2.23. The summed E-state index contributed by atoms with van der Waals surface area (Å²) in [7, 11) is 1.24. The maximum absolute atomic E-state index is 11.3. The van der Waals surface area contributed by atoms with Crippen molar-refractivity contribution in [3.63, 3.8) is 0 Å². The molecule has 0 aliphatic heterocycles. The van der Waals surface area contributed by atoms with Crippen LogP contribution in [-0.4, -0.2) is 24.5 Å². The SMILES string of the molecule is CC.COC(=O)CC(C[N+](=O)[O-])c1cc(C#N)ccc1C. The lowest BCUT2D eigenvalue weighted by atomic mass is 9.90. The number of ether oxygens (including phenoxy) is 1. The molecule has 0 bridgehead atoms. The average molecular weight is 292 g/mol. The second-order valence-corrected chi connectivity index (χ2v) is 4.18. The number of nitrogens with zero attached hydrogens (tertiary/aromatic N) is 2. The van der Waals surface area contributed by atoms with Gasteiger partial charge in [-0.15, -0.1) is 0 Å². The van der Waals surface area contributed by atoms with Crippen molar-refractivity contribution in [2.45, 2.75) is 33.1 Å². The van der Waals surface area contributed by atoms with Crippen LogP contribution in [-0.2, 0) is 9.53 Å². The van der Waals surface area contributed by atoms with Gasteiger partial charge in [-0.3, -0.25) is 14.9 Å². The zero-order chi connectivity index (χ0) is 16.4. The predicted molar refractivity (Wildman–Crippen MR) is 78.5 cm³/mol. The fourth-order valence-electron chi connectivity index (χ4n) is 1.89. The Labute approximate surface area is 124 Å². The maximum Gasteiger partial charge on any atom is 0.306 e. The Bertz CT molecular complexity index is 535. The second kappa shape index (κ2) is 9.48. The summed E-state index contributed by atoms with van der Waals surface area (Å²) < 4.78 is 4.55. The molecule has 0 aliphatic rings. The molecule has 1 unspecified atom stereocenters. The van der Waals surface area contributed by atoms with Crippen molar-refractivity contribution >= 4 is 5.97 Å². The Morgan fingerprint density at radius 2 is 2.10 bits per heavy atom. The van der Waals surface area contributed by atoms with Gasteiger partial charge in [-0.2, -0.15) is 5.26 Å². The van der Waals surface area contributed by atoms with Gasteiger partial charge in [0.25, 0.3) is 0 Å². The van der Waals surface area contributed by atoms with E-state index in [4.69, 9.17) is 5.26 Å². The molecular formula is C15H20N2O4. The Balaban J connectivity index is 0.00000191. The van der Waals surface area contributed by atoms with E-state index in [-0.39, 0.29) is 13.0 Å². The van der Waals surface area contributed by atoms with E-state index in [1.807, 2.05) is 19.9 Å². The first-order valence-corrected chi connectivity index (χ1v) is 6.67. The number of hydrogen-bond donors (Lipinski definition) is 0. The minimum atomic E-state index is -0.587. The first-order chi connectivity index (χ1) is 9.97. The third-order valence-corrected chi connectivity index (χ3v) is 2.86. The van der Waals surface area contributed by atoms with E-state index < -0.39 is 16.8 Å². The molecule has 6 heteroatoms. The lowest BCUT2D eigenvalue weighted by Crippen LogP contribution is -2.18. The van der Waals surface area contributed by atoms with Gasteiger partial charge < -0.3 is 4.74 Å². The van der Waals surface area contributed by atoms with Crippen LogP contribution >= 0.6 is 0 Å². The van der Waals surface area contributed by atoms with Crippen molar-refractivity contribution in [2.24, 2.45) is 0 Å². The molecule has 0 radical (unpaired) electrons. The summed E-state index contributed by atoms with van der Waals surface area (Å²) in [6.45, 7) is 5.42. The summed E-state index contributed by atoms with van der Waals surface area (Å²) in [5.74, 6) is -1.09. The van der Waals surface area contributed by atoms with Crippen LogP contribution in [0.4, 0.5) is 0 Å². The molecule has 1 aromatic carbocycles. The van der Waals surface area contributed by atoms with Crippen LogP contribution < -0.4 is 0 Å². The van der Waals surface area contributed by atoms with Gasteiger partial charge in [0.1, 0.15) is 0 Å². The third-order valence-electron chi connectivity index (χ3n) is 2.86. The van der Waals surface area contributed by atoms with Crippen molar-refractivity contribution < 1.29 is 14.5 Å². The second-order valence-electron chi connectivity index (χ2n) is 4.18. The molecular weight excluding hydrogens is 272 g/mol. The van der Waals surface area contributed by atoms with E-state index in [1.165, 1.54) is 7.11 Å². The number of carbonyl (C=O) groups is 1. The number of nitriles is 1. The van der Waals surface area contributed by atoms with E-state index in [0.29, 0.717) is 11.1 Å². The largest absolute Gasteiger partial charge is 0.469 e. The molecule has 21 heavy (non-hydrogen) atoms. The number of aryl methyl sites for hydroxylation is 1. The maximum atomic E-state index is 11.3. The molecule has 0 saturated heterocycles. The number of rotatable bonds is 5. The van der Waals surface area contributed by atoms with E-state index in [0.717, 1.165) is 5.56 Å². The summed E-state index contributed by atoms with van der Waals surface area (Å²) in [6.07, 6.45) is -0.0762. The number of methoxy groups -OCH3 is 1. The minimum Gasteiger partial charge on any atom is -0.469 e. The molecule has 1 rings (SSSR count). The fourth-order valence-corrected chi connectivity index (χ4v) is 1.89. The van der Waals surface area contributed by atoms with Gasteiger partial charge in [0.2, 0.25) is 6.54 Å². The zero-order valence-electron chi connectivity index (χ0n) is 12.8. The smallest absolute Gasteiger partial charge is 0.306 e. The van der Waals surface area contributed by atoms with Crippen LogP contribution in [0.15, 0.2) is 18.2 Å². The number of esters is 1. The Kier molecular flexibility index (Phi) is 8.39. The monoisotopic (exact) mass is 292 g/mol. The molecule has 1 aromatic rings. The highest BCUT2D eigenvalue weighted by atomic mass is 16.6. The summed E-state index contributed by atoms with van der Waals surface area (Å²) in [5.41, 5.74) is 1.87. The summed E-state index contributed by atoms with van der Waals surface area (Å²) in [6, 6.07) is 6.93. The topological polar surface area (TPSA) is 93.2 Å². The number of hydrogen-bond acceptors (Lipinski definition) is 5. The van der Waals surface area contributed by atoms with Crippen LogP contribution in [0.5, 0.6) is 0 Å². The molecule has 0 spiro atoms. The molecule has 0 fully saturated rings. The molecule has 0 amide bonds. The predicted octanol–water partition coefficient (Wildman–Crippen LogP) is 2.82. The highest BCUT2D eigenvalue weighted by molar-refractivity contribution is 5.70. The van der Waals surface area contributed by atoms with Gasteiger partial charge >= 0.3 is 5.97 Å². The van der Waals surface area contributed by atoms with Crippen LogP contribution in [0.1, 0.15) is 42.9 Å². The van der Waals surface area contributed by atoms with Crippen molar-refractivity contribution in [2.75, 3.05) is 13.7 Å². The Hall–Kier alpha value is -2.42. The summed E-state index contributed by atoms with van der Waals surface area (Å²) in [4.78, 5) is 21.6. The molecule has 0 aromatic heterocycles. The Morgan fingerprint density at radius 1 is 1.48 bits per heavy atom. The average Bonchev–Trinajstić information content (AvgIpc) is 2.48. The van der Waals surface area contributed by atoms with Crippen LogP contribution in [0.3, 0.4) is 0 Å². The summed E-state index contributed by atoms with van der Waals surface area (Å²) >= 11 is 0. The quantitative estimate of drug-likeness (QED) is 0.472. The lowest BCUT2D eigenvalue weighted by Gasteiger charge is -2.14. The molecule has 0 saturated carbocycles. The van der Waals surface area contributed by atoms with E-state index in [9.17, 15) is 14.9 Å². The van der Waals surface area contributed by atoms with Gasteiger partial charge in [0.15, 0.2) is 0 Å². The number of benzene rings is 1. The van der Waals surface area contributed by atoms with Gasteiger partial charge in [0, 0.05) is 4.92 Å². The molecule has 0 N–H and O–H groups in total. The van der Waals surface area contributed by atoms with Crippen molar-refractivity contribution in [1.29, 1.82) is 5.26 Å². The first kappa shape index (κ1) is 18.6. The summed E-state index contributed by atoms with van der Waals surface area (Å²) in [5, 5.41) is 19.6. The lowest BCUT2D eigenvalue weighted by molar-refractivity contribution is -0.483. The third kappa shape index (κ3) is 6.04. The molecule has 114 valence electrons. The van der Waals surface area contributed by atoms with Crippen molar-refractivity contribution in [3.05, 3.63) is 45.0 Å². The van der Waals surface area contributed by atoms with E-state index >= 15 is 0 Å². The molecule has 6 nitrogen and oxygen atoms in total. The molecule has 0 aliphatic carbocycles. The van der Waals surface area contributed by atoms with Gasteiger partial charge in [0.05, 0.1) is 31.1 Å². The standard InChI is InChI=1S/C13H14N2O4.C2H6/c1-9-3-4-10(7-14)5-12(9)11(8-15(17)18)6-13(16)19-2;1-2/h3-5,11H,6,8H2,1-2H3;1-2H3. The van der Waals surface area contributed by atoms with Crippen LogP contribution in [0, 0.1) is 28.4 Å². The van der Waals surface area contributed by atoms with Crippen LogP contribution in [0.25, 0.3) is 0 Å². The van der Waals surface area contributed by atoms with Crippen molar-refractivity contribution in [1.82, 2.24) is 0 Å². The van der Waals surface area contributed by atoms with Gasteiger partial charge in [-0.1, -0.05) is 19.9 Å². The number of nitro groups is 1. The number of carbonyl (C=O) groups excluding carboxylic acids is 1. The highest BCUT2D eigenvalue weighted by Crippen LogP contribution is 2.25. The van der Waals surface area contributed by atoms with Gasteiger partial charge in [-0.25, -0.2) is 0 Å².